The molecule has 16 heavy (non-hydrogen) atoms. The second-order valence-electron chi connectivity index (χ2n) is 3.47. The average Bonchev–Trinajstić information content (AvgIpc) is 2.35. The molecular formula is C9H17N3O4. The van der Waals surface area contributed by atoms with Gasteiger partial charge in [-0.25, -0.2) is 0 Å². The van der Waals surface area contributed by atoms with Crippen LogP contribution >= 0.6 is 0 Å². The molecule has 1 rings (SSSR count). The van der Waals surface area contributed by atoms with Crippen molar-refractivity contribution in [2.45, 2.75) is 12.5 Å². The number of methoxy groups -OCH3 is 1. The lowest BCUT2D eigenvalue weighted by molar-refractivity contribution is -0.137. The van der Waals surface area contributed by atoms with Crippen molar-refractivity contribution in [1.82, 2.24) is 4.90 Å². The standard InChI is InChI=1S/C9H17N3O4/c1-15-4-2-8(13)12-3-5-16-7(6-12)9(10)11-14/h7,14H,2-6H2,1H3,(H2,10,11). The number of carbonyl (C=O) groups is 1. The third-order valence-electron chi connectivity index (χ3n) is 2.38. The van der Waals surface area contributed by atoms with E-state index in [9.17, 15) is 4.79 Å². The van der Waals surface area contributed by atoms with E-state index in [4.69, 9.17) is 20.4 Å². The normalized spacial score (nSPS) is 22.2. The monoisotopic (exact) mass is 231 g/mol. The Morgan fingerprint density at radius 3 is 3.12 bits per heavy atom. The zero-order valence-electron chi connectivity index (χ0n) is 9.26. The first kappa shape index (κ1) is 12.7. The van der Waals surface area contributed by atoms with Gasteiger partial charge in [-0.3, -0.25) is 4.79 Å². The molecule has 7 heteroatoms. The molecule has 0 aromatic heterocycles. The van der Waals surface area contributed by atoms with Crippen LogP contribution in [0.4, 0.5) is 0 Å². The van der Waals surface area contributed by atoms with Crippen LogP contribution in [0.1, 0.15) is 6.42 Å². The van der Waals surface area contributed by atoms with Gasteiger partial charge in [0, 0.05) is 13.7 Å². The molecule has 3 N–H and O–H groups in total. The van der Waals surface area contributed by atoms with E-state index in [1.807, 2.05) is 0 Å². The Kier molecular flexibility index (Phi) is 5.00. The summed E-state index contributed by atoms with van der Waals surface area (Å²) < 4.78 is 10.1. The number of carbonyl (C=O) groups excluding carboxylic acids is 1. The van der Waals surface area contributed by atoms with Gasteiger partial charge in [-0.05, 0) is 0 Å². The van der Waals surface area contributed by atoms with E-state index < -0.39 is 6.10 Å². The van der Waals surface area contributed by atoms with Crippen molar-refractivity contribution >= 4 is 11.7 Å². The van der Waals surface area contributed by atoms with Gasteiger partial charge >= 0.3 is 0 Å². The highest BCUT2D eigenvalue weighted by atomic mass is 16.5. The van der Waals surface area contributed by atoms with Crippen LogP contribution in [0.15, 0.2) is 5.16 Å². The number of amides is 1. The fraction of sp³-hybridized carbons (Fsp3) is 0.778. The van der Waals surface area contributed by atoms with E-state index in [1.165, 1.54) is 0 Å². The van der Waals surface area contributed by atoms with Gasteiger partial charge in [-0.15, -0.1) is 0 Å². The van der Waals surface area contributed by atoms with E-state index >= 15 is 0 Å². The predicted molar refractivity (Wildman–Crippen MR) is 56.2 cm³/mol. The van der Waals surface area contributed by atoms with E-state index in [0.29, 0.717) is 32.7 Å². The van der Waals surface area contributed by atoms with E-state index in [0.717, 1.165) is 0 Å². The Labute approximate surface area is 93.8 Å². The van der Waals surface area contributed by atoms with Gasteiger partial charge in [0.1, 0.15) is 6.10 Å². The number of nitrogens with zero attached hydrogens (tertiary/aromatic N) is 2. The number of hydrogen-bond donors (Lipinski definition) is 2. The minimum absolute atomic E-state index is 0.00996. The lowest BCUT2D eigenvalue weighted by atomic mass is 10.2. The zero-order chi connectivity index (χ0) is 12.0. The molecule has 1 saturated heterocycles. The first-order chi connectivity index (χ1) is 7.69. The number of amidine groups is 1. The van der Waals surface area contributed by atoms with Crippen LogP contribution in [0.2, 0.25) is 0 Å². The number of ether oxygens (including phenoxy) is 2. The van der Waals surface area contributed by atoms with Crippen LogP contribution in [0.5, 0.6) is 0 Å². The third-order valence-corrected chi connectivity index (χ3v) is 2.38. The summed E-state index contributed by atoms with van der Waals surface area (Å²) in [6, 6.07) is 0. The highest BCUT2D eigenvalue weighted by Crippen LogP contribution is 2.07. The van der Waals surface area contributed by atoms with Gasteiger partial charge in [0.2, 0.25) is 5.91 Å². The Hall–Kier alpha value is -1.34. The summed E-state index contributed by atoms with van der Waals surface area (Å²) in [6.45, 7) is 1.63. The topological polar surface area (TPSA) is 97.4 Å². The third kappa shape index (κ3) is 3.35. The summed E-state index contributed by atoms with van der Waals surface area (Å²) in [5.74, 6) is -0.0230. The molecule has 1 aliphatic rings. The SMILES string of the molecule is COCCC(=O)N1CCOC(C(N)=NO)C1. The molecule has 0 radical (unpaired) electrons. The summed E-state index contributed by atoms with van der Waals surface area (Å²) in [4.78, 5) is 13.3. The molecular weight excluding hydrogens is 214 g/mol. The fourth-order valence-electron chi connectivity index (χ4n) is 1.47. The fourth-order valence-corrected chi connectivity index (χ4v) is 1.47. The minimum atomic E-state index is -0.523. The molecule has 0 bridgehead atoms. The molecule has 0 spiro atoms. The summed E-state index contributed by atoms with van der Waals surface area (Å²) in [5, 5.41) is 11.4. The Balaban J connectivity index is 2.47. The first-order valence-electron chi connectivity index (χ1n) is 5.04. The Bertz CT molecular complexity index is 269. The molecule has 1 aliphatic heterocycles. The van der Waals surface area contributed by atoms with Crippen LogP contribution in [0.25, 0.3) is 0 Å². The molecule has 1 unspecified atom stereocenters. The van der Waals surface area contributed by atoms with Crippen LogP contribution in [0, 0.1) is 0 Å². The molecule has 1 heterocycles. The van der Waals surface area contributed by atoms with E-state index in [1.54, 1.807) is 12.0 Å². The number of oxime groups is 1. The number of hydrogen-bond acceptors (Lipinski definition) is 5. The van der Waals surface area contributed by atoms with Crippen molar-refractivity contribution < 1.29 is 19.5 Å². The summed E-state index contributed by atoms with van der Waals surface area (Å²) in [7, 11) is 1.55. The zero-order valence-corrected chi connectivity index (χ0v) is 9.26. The van der Waals surface area contributed by atoms with Gasteiger partial charge < -0.3 is 25.3 Å². The van der Waals surface area contributed by atoms with Crippen LogP contribution in [-0.4, -0.2) is 61.4 Å². The molecule has 0 aromatic rings. The lowest BCUT2D eigenvalue weighted by Crippen LogP contribution is -2.50. The number of nitrogens with two attached hydrogens (primary N) is 1. The molecule has 0 aliphatic carbocycles. The van der Waals surface area contributed by atoms with Crippen LogP contribution < -0.4 is 5.73 Å². The Morgan fingerprint density at radius 1 is 1.75 bits per heavy atom. The molecule has 0 saturated carbocycles. The average molecular weight is 231 g/mol. The maximum absolute atomic E-state index is 11.7. The quantitative estimate of drug-likeness (QED) is 0.280. The van der Waals surface area contributed by atoms with E-state index in [2.05, 4.69) is 5.16 Å². The second-order valence-corrected chi connectivity index (χ2v) is 3.47. The lowest BCUT2D eigenvalue weighted by Gasteiger charge is -2.32. The van der Waals surface area contributed by atoms with Crippen LogP contribution in [-0.2, 0) is 14.3 Å². The van der Waals surface area contributed by atoms with Gasteiger partial charge in [-0.2, -0.15) is 0 Å². The van der Waals surface area contributed by atoms with E-state index in [-0.39, 0.29) is 11.7 Å². The highest BCUT2D eigenvalue weighted by molar-refractivity contribution is 5.85. The van der Waals surface area contributed by atoms with Crippen molar-refractivity contribution in [3.63, 3.8) is 0 Å². The minimum Gasteiger partial charge on any atom is -0.409 e. The van der Waals surface area contributed by atoms with Crippen molar-refractivity contribution in [3.8, 4) is 0 Å². The Morgan fingerprint density at radius 2 is 2.50 bits per heavy atom. The predicted octanol–water partition coefficient (Wildman–Crippen LogP) is -1.00. The van der Waals surface area contributed by atoms with Gasteiger partial charge in [0.05, 0.1) is 26.2 Å². The van der Waals surface area contributed by atoms with Gasteiger partial charge in [0.15, 0.2) is 5.84 Å². The maximum Gasteiger partial charge on any atom is 0.225 e. The highest BCUT2D eigenvalue weighted by Gasteiger charge is 2.26. The molecule has 1 fully saturated rings. The first-order valence-corrected chi connectivity index (χ1v) is 5.04. The smallest absolute Gasteiger partial charge is 0.225 e. The molecule has 1 amide bonds. The number of morpholine rings is 1. The molecule has 0 aromatic carbocycles. The molecule has 7 nitrogen and oxygen atoms in total. The van der Waals surface area contributed by atoms with Crippen molar-refractivity contribution in [2.24, 2.45) is 10.9 Å². The number of rotatable bonds is 4. The summed E-state index contributed by atoms with van der Waals surface area (Å²) in [6.07, 6.45) is -0.190. The largest absolute Gasteiger partial charge is 0.409 e. The maximum atomic E-state index is 11.7. The van der Waals surface area contributed by atoms with Crippen LogP contribution in [0.3, 0.4) is 0 Å². The second kappa shape index (κ2) is 6.29. The summed E-state index contributed by atoms with van der Waals surface area (Å²) in [5.41, 5.74) is 5.42. The molecule has 1 atom stereocenters. The van der Waals surface area contributed by atoms with Gasteiger partial charge in [0.25, 0.3) is 0 Å². The molecule has 92 valence electrons. The summed E-state index contributed by atoms with van der Waals surface area (Å²) >= 11 is 0. The van der Waals surface area contributed by atoms with Crippen molar-refractivity contribution in [1.29, 1.82) is 0 Å². The van der Waals surface area contributed by atoms with Crippen molar-refractivity contribution in [2.75, 3.05) is 33.4 Å². The van der Waals surface area contributed by atoms with Gasteiger partial charge in [-0.1, -0.05) is 5.16 Å². The van der Waals surface area contributed by atoms with Crippen molar-refractivity contribution in [3.05, 3.63) is 0 Å².